The second-order valence-electron chi connectivity index (χ2n) is 9.85. The highest BCUT2D eigenvalue weighted by atomic mass is 32.1. The number of aryl methyl sites for hydroxylation is 3. The number of ether oxygens (including phenoxy) is 1. The van der Waals surface area contributed by atoms with Gasteiger partial charge in [0.15, 0.2) is 0 Å². The number of benzene rings is 2. The third-order valence-electron chi connectivity index (χ3n) is 7.49. The number of methoxy groups -OCH3 is 1. The molecule has 2 aromatic carbocycles. The standard InChI is InChI=1S/C30H31N3O2S/c1-19-10-15-25(20(2)17-19)31-30(34)33-18-24-23-7-4-5-9-27(23)36-29(24)32-16-6-8-26(32)28(33)21-11-13-22(35-3)14-12-21/h6,8,10-17,28H,4-5,7,9,18H2,1-3H3,(H,31,34)/t28-/m1/s1. The second-order valence-corrected chi connectivity index (χ2v) is 10.9. The average Bonchev–Trinajstić information content (AvgIpc) is 3.48. The van der Waals surface area contributed by atoms with Gasteiger partial charge in [-0.15, -0.1) is 11.3 Å². The summed E-state index contributed by atoms with van der Waals surface area (Å²) < 4.78 is 7.73. The van der Waals surface area contributed by atoms with Crippen molar-refractivity contribution >= 4 is 23.1 Å². The molecule has 6 heteroatoms. The summed E-state index contributed by atoms with van der Waals surface area (Å²) in [6.07, 6.45) is 6.84. The van der Waals surface area contributed by atoms with Crippen LogP contribution in [0.15, 0.2) is 60.8 Å². The molecule has 5 nitrogen and oxygen atoms in total. The van der Waals surface area contributed by atoms with Crippen molar-refractivity contribution in [1.82, 2.24) is 9.47 Å². The molecule has 0 radical (unpaired) electrons. The number of carbonyl (C=O) groups is 1. The number of rotatable bonds is 3. The van der Waals surface area contributed by atoms with Crippen LogP contribution in [0.25, 0.3) is 5.00 Å². The first-order valence-corrected chi connectivity index (χ1v) is 13.4. The lowest BCUT2D eigenvalue weighted by molar-refractivity contribution is 0.194. The van der Waals surface area contributed by atoms with Gasteiger partial charge in [0.25, 0.3) is 0 Å². The molecule has 1 atom stereocenters. The summed E-state index contributed by atoms with van der Waals surface area (Å²) in [4.78, 5) is 17.6. The number of nitrogens with zero attached hydrogens (tertiary/aromatic N) is 2. The van der Waals surface area contributed by atoms with Gasteiger partial charge in [-0.2, -0.15) is 0 Å². The van der Waals surface area contributed by atoms with Gasteiger partial charge < -0.3 is 19.5 Å². The van der Waals surface area contributed by atoms with Gasteiger partial charge in [0.05, 0.1) is 25.4 Å². The number of fused-ring (bicyclic) bond motifs is 5. The van der Waals surface area contributed by atoms with E-state index in [1.54, 1.807) is 7.11 Å². The first kappa shape index (κ1) is 22.9. The summed E-state index contributed by atoms with van der Waals surface area (Å²) in [6.45, 7) is 4.70. The van der Waals surface area contributed by atoms with Crippen molar-refractivity contribution < 1.29 is 9.53 Å². The van der Waals surface area contributed by atoms with Crippen LogP contribution in [0.2, 0.25) is 0 Å². The van der Waals surface area contributed by atoms with Gasteiger partial charge in [-0.1, -0.05) is 29.8 Å². The maximum atomic E-state index is 14.1. The molecule has 3 heterocycles. The molecule has 6 rings (SSSR count). The molecule has 0 saturated heterocycles. The number of aromatic nitrogens is 1. The largest absolute Gasteiger partial charge is 0.497 e. The van der Waals surface area contributed by atoms with Crippen LogP contribution in [-0.2, 0) is 19.4 Å². The molecule has 2 aromatic heterocycles. The van der Waals surface area contributed by atoms with Crippen LogP contribution in [0.5, 0.6) is 5.75 Å². The maximum absolute atomic E-state index is 14.1. The number of amides is 2. The predicted octanol–water partition coefficient (Wildman–Crippen LogP) is 7.18. The van der Waals surface area contributed by atoms with Crippen molar-refractivity contribution in [3.63, 3.8) is 0 Å². The van der Waals surface area contributed by atoms with Gasteiger partial charge in [-0.25, -0.2) is 4.79 Å². The fourth-order valence-electron chi connectivity index (χ4n) is 5.66. The van der Waals surface area contributed by atoms with E-state index in [0.717, 1.165) is 41.1 Å². The first-order valence-electron chi connectivity index (χ1n) is 12.6. The fourth-order valence-corrected chi connectivity index (χ4v) is 7.07. The summed E-state index contributed by atoms with van der Waals surface area (Å²) in [7, 11) is 1.68. The van der Waals surface area contributed by atoms with E-state index in [1.165, 1.54) is 39.4 Å². The van der Waals surface area contributed by atoms with Crippen LogP contribution in [-0.4, -0.2) is 22.6 Å². The lowest BCUT2D eigenvalue weighted by Crippen LogP contribution is -2.38. The van der Waals surface area contributed by atoms with Crippen LogP contribution in [0.1, 0.15) is 57.3 Å². The quantitative estimate of drug-likeness (QED) is 0.326. The van der Waals surface area contributed by atoms with Crippen LogP contribution in [0.4, 0.5) is 10.5 Å². The van der Waals surface area contributed by atoms with Crippen LogP contribution >= 0.6 is 11.3 Å². The lowest BCUT2D eigenvalue weighted by atomic mass is 9.95. The van der Waals surface area contributed by atoms with Crippen molar-refractivity contribution in [2.45, 2.75) is 52.1 Å². The lowest BCUT2D eigenvalue weighted by Gasteiger charge is -2.31. The van der Waals surface area contributed by atoms with Gasteiger partial charge >= 0.3 is 6.03 Å². The Balaban J connectivity index is 1.48. The topological polar surface area (TPSA) is 46.5 Å². The molecule has 1 aliphatic carbocycles. The third kappa shape index (κ3) is 3.90. The normalized spacial score (nSPS) is 16.5. The van der Waals surface area contributed by atoms with E-state index < -0.39 is 0 Å². The van der Waals surface area contributed by atoms with Gasteiger partial charge in [0.2, 0.25) is 0 Å². The highest BCUT2D eigenvalue weighted by Crippen LogP contribution is 2.44. The van der Waals surface area contributed by atoms with E-state index in [1.807, 2.05) is 47.4 Å². The maximum Gasteiger partial charge on any atom is 0.322 e. The van der Waals surface area contributed by atoms with E-state index in [2.05, 4.69) is 53.3 Å². The summed E-state index contributed by atoms with van der Waals surface area (Å²) in [5, 5.41) is 4.51. The molecular weight excluding hydrogens is 466 g/mol. The molecule has 4 aromatic rings. The first-order chi connectivity index (χ1) is 17.5. The predicted molar refractivity (Wildman–Crippen MR) is 146 cm³/mol. The second kappa shape index (κ2) is 9.17. The Hall–Kier alpha value is -3.51. The number of thiophene rings is 1. The summed E-state index contributed by atoms with van der Waals surface area (Å²) in [5.74, 6) is 0.808. The number of urea groups is 1. The van der Waals surface area contributed by atoms with Crippen molar-refractivity contribution in [3.8, 4) is 10.8 Å². The minimum atomic E-state index is -0.226. The molecule has 0 saturated carbocycles. The van der Waals surface area contributed by atoms with Crippen molar-refractivity contribution in [3.05, 3.63) is 99.2 Å². The Bertz CT molecular complexity index is 1430. The zero-order valence-corrected chi connectivity index (χ0v) is 21.8. The molecular formula is C30H31N3O2S. The Kier molecular flexibility index (Phi) is 5.84. The number of nitrogens with one attached hydrogen (secondary N) is 1. The van der Waals surface area contributed by atoms with Crippen LogP contribution in [0, 0.1) is 13.8 Å². The van der Waals surface area contributed by atoms with Crippen molar-refractivity contribution in [1.29, 1.82) is 0 Å². The van der Waals surface area contributed by atoms with E-state index in [9.17, 15) is 4.79 Å². The third-order valence-corrected chi connectivity index (χ3v) is 8.83. The van der Waals surface area contributed by atoms with Crippen LogP contribution < -0.4 is 10.1 Å². The molecule has 184 valence electrons. The SMILES string of the molecule is COc1ccc([C@@H]2c3cccn3-c3sc4c(c3CN2C(=O)Nc2ccc(C)cc2C)CCCC4)cc1. The van der Waals surface area contributed by atoms with Gasteiger partial charge in [0.1, 0.15) is 10.8 Å². The number of hydrogen-bond donors (Lipinski definition) is 1. The zero-order chi connectivity index (χ0) is 24.8. The molecule has 2 aliphatic rings. The molecule has 1 N–H and O–H groups in total. The molecule has 0 spiro atoms. The zero-order valence-electron chi connectivity index (χ0n) is 21.0. The van der Waals surface area contributed by atoms with E-state index >= 15 is 0 Å². The van der Waals surface area contributed by atoms with E-state index in [-0.39, 0.29) is 12.1 Å². The van der Waals surface area contributed by atoms with Gasteiger partial charge in [0, 0.05) is 22.3 Å². The Labute approximate surface area is 216 Å². The summed E-state index contributed by atoms with van der Waals surface area (Å²) >= 11 is 1.91. The van der Waals surface area contributed by atoms with Gasteiger partial charge in [-0.3, -0.25) is 0 Å². The monoisotopic (exact) mass is 497 g/mol. The van der Waals surface area contributed by atoms with Crippen molar-refractivity contribution in [2.75, 3.05) is 12.4 Å². The minimum absolute atomic E-state index is 0.0841. The Morgan fingerprint density at radius 2 is 1.83 bits per heavy atom. The number of hydrogen-bond acceptors (Lipinski definition) is 3. The molecule has 1 aliphatic heterocycles. The van der Waals surface area contributed by atoms with E-state index in [0.29, 0.717) is 6.54 Å². The smallest absolute Gasteiger partial charge is 0.322 e. The molecule has 0 bridgehead atoms. The fraction of sp³-hybridized carbons (Fsp3) is 0.300. The number of carbonyl (C=O) groups excluding carboxylic acids is 1. The molecule has 0 fully saturated rings. The summed E-state index contributed by atoms with van der Waals surface area (Å²) in [5.41, 5.74) is 8.04. The molecule has 0 unspecified atom stereocenters. The highest BCUT2D eigenvalue weighted by Gasteiger charge is 2.36. The summed E-state index contributed by atoms with van der Waals surface area (Å²) in [6, 6.07) is 18.2. The molecule has 2 amide bonds. The molecule has 36 heavy (non-hydrogen) atoms. The van der Waals surface area contributed by atoms with E-state index in [4.69, 9.17) is 4.74 Å². The Morgan fingerprint density at radius 1 is 1.03 bits per heavy atom. The Morgan fingerprint density at radius 3 is 2.61 bits per heavy atom. The highest BCUT2D eigenvalue weighted by molar-refractivity contribution is 7.15. The number of anilines is 1. The minimum Gasteiger partial charge on any atom is -0.497 e. The van der Waals surface area contributed by atoms with Crippen LogP contribution in [0.3, 0.4) is 0 Å². The van der Waals surface area contributed by atoms with Crippen molar-refractivity contribution in [2.24, 2.45) is 0 Å². The van der Waals surface area contributed by atoms with Gasteiger partial charge in [-0.05, 0) is 86.6 Å². The average molecular weight is 498 g/mol.